The molecule has 1 aliphatic heterocycles. The van der Waals surface area contributed by atoms with Gasteiger partial charge in [0, 0.05) is 18.1 Å². The summed E-state index contributed by atoms with van der Waals surface area (Å²) in [4.78, 5) is 0.244. The van der Waals surface area contributed by atoms with Gasteiger partial charge in [-0.05, 0) is 36.8 Å². The molecule has 0 saturated carbocycles. The highest BCUT2D eigenvalue weighted by molar-refractivity contribution is 7.89. The van der Waals surface area contributed by atoms with Crippen LogP contribution in [0.4, 0.5) is 0 Å². The fraction of sp³-hybridized carbons (Fsp3) is 0.263. The van der Waals surface area contributed by atoms with Gasteiger partial charge in [0.15, 0.2) is 0 Å². The molecular formula is C19H19ClN4O3S. The van der Waals surface area contributed by atoms with Crippen molar-refractivity contribution in [3.8, 4) is 5.75 Å². The van der Waals surface area contributed by atoms with Gasteiger partial charge in [-0.2, -0.15) is 4.31 Å². The molecule has 2 aromatic carbocycles. The maximum absolute atomic E-state index is 12.8. The molecule has 0 unspecified atom stereocenters. The van der Waals surface area contributed by atoms with Crippen LogP contribution in [0.5, 0.6) is 5.75 Å². The molecule has 4 rings (SSSR count). The van der Waals surface area contributed by atoms with Crippen LogP contribution in [0.3, 0.4) is 0 Å². The zero-order chi connectivity index (χ0) is 19.7. The number of rotatable bonds is 6. The van der Waals surface area contributed by atoms with Crippen molar-refractivity contribution in [2.24, 2.45) is 0 Å². The second kappa shape index (κ2) is 7.54. The SMILES string of the molecule is Cc1ccc(Cl)cc1S(=O)(=O)N1CC(n2cc(COc3ccccc3)nn2)C1. The number of ether oxygens (including phenoxy) is 1. The Morgan fingerprint density at radius 2 is 1.93 bits per heavy atom. The van der Waals surface area contributed by atoms with Crippen molar-refractivity contribution >= 4 is 21.6 Å². The molecule has 0 radical (unpaired) electrons. The topological polar surface area (TPSA) is 77.3 Å². The van der Waals surface area contributed by atoms with E-state index in [0.717, 1.165) is 5.75 Å². The molecule has 9 heteroatoms. The van der Waals surface area contributed by atoms with Gasteiger partial charge in [0.1, 0.15) is 18.1 Å². The van der Waals surface area contributed by atoms with Gasteiger partial charge in [0.2, 0.25) is 10.0 Å². The molecule has 0 amide bonds. The highest BCUT2D eigenvalue weighted by atomic mass is 35.5. The number of sulfonamides is 1. The van der Waals surface area contributed by atoms with Gasteiger partial charge in [0.05, 0.1) is 17.1 Å². The highest BCUT2D eigenvalue weighted by Crippen LogP contribution is 2.30. The number of hydrogen-bond acceptors (Lipinski definition) is 5. The van der Waals surface area contributed by atoms with E-state index in [1.807, 2.05) is 30.3 Å². The fourth-order valence-corrected chi connectivity index (χ4v) is 5.01. The van der Waals surface area contributed by atoms with Gasteiger partial charge in [-0.3, -0.25) is 0 Å². The maximum atomic E-state index is 12.8. The van der Waals surface area contributed by atoms with Gasteiger partial charge in [-0.1, -0.05) is 41.1 Å². The van der Waals surface area contributed by atoms with E-state index in [1.165, 1.54) is 10.4 Å². The van der Waals surface area contributed by atoms with E-state index in [2.05, 4.69) is 10.3 Å². The third kappa shape index (κ3) is 3.76. The van der Waals surface area contributed by atoms with Crippen LogP contribution in [0.1, 0.15) is 17.3 Å². The molecule has 1 aromatic heterocycles. The number of aromatic nitrogens is 3. The summed E-state index contributed by atoms with van der Waals surface area (Å²) in [6.45, 7) is 2.75. The molecule has 1 aliphatic rings. The molecule has 1 saturated heterocycles. The third-order valence-electron chi connectivity index (χ3n) is 4.66. The molecule has 0 N–H and O–H groups in total. The maximum Gasteiger partial charge on any atom is 0.243 e. The van der Waals surface area contributed by atoms with Crippen molar-refractivity contribution in [2.75, 3.05) is 13.1 Å². The van der Waals surface area contributed by atoms with Gasteiger partial charge in [-0.15, -0.1) is 5.10 Å². The molecule has 146 valence electrons. The Balaban J connectivity index is 1.39. The van der Waals surface area contributed by atoms with Crippen LogP contribution >= 0.6 is 11.6 Å². The molecule has 7 nitrogen and oxygen atoms in total. The van der Waals surface area contributed by atoms with Gasteiger partial charge in [-0.25, -0.2) is 13.1 Å². The summed E-state index contributed by atoms with van der Waals surface area (Å²) in [7, 11) is -3.57. The minimum atomic E-state index is -3.57. The first-order valence-electron chi connectivity index (χ1n) is 8.78. The predicted molar refractivity (Wildman–Crippen MR) is 105 cm³/mol. The normalized spacial score (nSPS) is 15.4. The third-order valence-corrected chi connectivity index (χ3v) is 6.87. The first-order chi connectivity index (χ1) is 13.4. The Kier molecular flexibility index (Phi) is 5.09. The summed E-state index contributed by atoms with van der Waals surface area (Å²) in [6.07, 6.45) is 1.79. The largest absolute Gasteiger partial charge is 0.487 e. The minimum absolute atomic E-state index is 0.0489. The predicted octanol–water partition coefficient (Wildman–Crippen LogP) is 3.06. The molecule has 28 heavy (non-hydrogen) atoms. The van der Waals surface area contributed by atoms with Crippen LogP contribution in [-0.4, -0.2) is 40.8 Å². The Morgan fingerprint density at radius 3 is 2.68 bits per heavy atom. The molecule has 0 spiro atoms. The quantitative estimate of drug-likeness (QED) is 0.614. The van der Waals surface area contributed by atoms with E-state index in [1.54, 1.807) is 29.9 Å². The van der Waals surface area contributed by atoms with Crippen molar-refractivity contribution in [2.45, 2.75) is 24.5 Å². The Hall–Kier alpha value is -2.42. The monoisotopic (exact) mass is 418 g/mol. The number of benzene rings is 2. The highest BCUT2D eigenvalue weighted by Gasteiger charge is 2.39. The van der Waals surface area contributed by atoms with E-state index in [9.17, 15) is 8.42 Å². The second-order valence-electron chi connectivity index (χ2n) is 6.68. The van der Waals surface area contributed by atoms with Crippen molar-refractivity contribution in [3.63, 3.8) is 0 Å². The number of para-hydroxylation sites is 1. The fourth-order valence-electron chi connectivity index (χ4n) is 3.00. The van der Waals surface area contributed by atoms with E-state index >= 15 is 0 Å². The molecule has 1 fully saturated rings. The van der Waals surface area contributed by atoms with Gasteiger partial charge < -0.3 is 4.74 Å². The van der Waals surface area contributed by atoms with Crippen molar-refractivity contribution in [1.82, 2.24) is 19.3 Å². The summed E-state index contributed by atoms with van der Waals surface area (Å²) in [6, 6.07) is 14.3. The van der Waals surface area contributed by atoms with Crippen LogP contribution < -0.4 is 4.74 Å². The first kappa shape index (κ1) is 18.9. The molecule has 3 aromatic rings. The first-order valence-corrected chi connectivity index (χ1v) is 10.6. The van der Waals surface area contributed by atoms with Crippen LogP contribution in [0.15, 0.2) is 59.6 Å². The van der Waals surface area contributed by atoms with Crippen LogP contribution in [-0.2, 0) is 16.6 Å². The second-order valence-corrected chi connectivity index (χ2v) is 9.02. The lowest BCUT2D eigenvalue weighted by Gasteiger charge is -2.37. The summed E-state index contributed by atoms with van der Waals surface area (Å²) < 4.78 is 34.4. The lowest BCUT2D eigenvalue weighted by atomic mass is 10.2. The van der Waals surface area contributed by atoms with Crippen molar-refractivity contribution < 1.29 is 13.2 Å². The summed E-state index contributed by atoms with van der Waals surface area (Å²) >= 11 is 5.97. The van der Waals surface area contributed by atoms with Crippen molar-refractivity contribution in [3.05, 3.63) is 71.0 Å². The number of aryl methyl sites for hydroxylation is 1. The molecular weight excluding hydrogens is 400 g/mol. The molecule has 0 bridgehead atoms. The lowest BCUT2D eigenvalue weighted by molar-refractivity contribution is 0.188. The van der Waals surface area contributed by atoms with Crippen LogP contribution in [0.25, 0.3) is 0 Å². The lowest BCUT2D eigenvalue weighted by Crippen LogP contribution is -2.50. The van der Waals surface area contributed by atoms with Crippen LogP contribution in [0, 0.1) is 6.92 Å². The van der Waals surface area contributed by atoms with Crippen molar-refractivity contribution in [1.29, 1.82) is 0 Å². The van der Waals surface area contributed by atoms with Gasteiger partial charge >= 0.3 is 0 Å². The summed E-state index contributed by atoms with van der Waals surface area (Å²) in [5.41, 5.74) is 1.37. The number of halogens is 1. The molecule has 2 heterocycles. The zero-order valence-corrected chi connectivity index (χ0v) is 16.8. The summed E-state index contributed by atoms with van der Waals surface area (Å²) in [5.74, 6) is 0.759. The Morgan fingerprint density at radius 1 is 1.18 bits per heavy atom. The summed E-state index contributed by atoms with van der Waals surface area (Å²) in [5, 5.41) is 8.63. The zero-order valence-electron chi connectivity index (χ0n) is 15.2. The van der Waals surface area contributed by atoms with E-state index < -0.39 is 10.0 Å². The molecule has 0 atom stereocenters. The Labute approximate surface area is 168 Å². The van der Waals surface area contributed by atoms with Crippen LogP contribution in [0.2, 0.25) is 5.02 Å². The van der Waals surface area contributed by atoms with E-state index in [0.29, 0.717) is 36.0 Å². The minimum Gasteiger partial charge on any atom is -0.487 e. The standard InChI is InChI=1S/C19H19ClN4O3S/c1-14-7-8-15(20)9-19(14)28(25,26)23-11-17(12-23)24-10-16(21-22-24)13-27-18-5-3-2-4-6-18/h2-10,17H,11-13H2,1H3. The average Bonchev–Trinajstić information content (AvgIpc) is 3.10. The van der Waals surface area contributed by atoms with Gasteiger partial charge in [0.25, 0.3) is 0 Å². The van der Waals surface area contributed by atoms with E-state index in [-0.39, 0.29) is 10.9 Å². The van der Waals surface area contributed by atoms with E-state index in [4.69, 9.17) is 16.3 Å². The Bertz CT molecular complexity index is 1080. The molecule has 0 aliphatic carbocycles. The number of hydrogen-bond donors (Lipinski definition) is 0. The number of nitrogens with zero attached hydrogens (tertiary/aromatic N) is 4. The average molecular weight is 419 g/mol. The smallest absolute Gasteiger partial charge is 0.243 e.